The molecular formula is C19H34O4. The predicted molar refractivity (Wildman–Crippen MR) is 93.0 cm³/mol. The van der Waals surface area contributed by atoms with E-state index in [2.05, 4.69) is 0 Å². The molecule has 0 fully saturated rings. The minimum atomic E-state index is -0.566. The maximum Gasteiger partial charge on any atom is 0.334 e. The second-order valence-electron chi connectivity index (χ2n) is 6.60. The molecule has 0 N–H and O–H groups in total. The van der Waals surface area contributed by atoms with Crippen molar-refractivity contribution >= 4 is 11.9 Å². The number of allylic oxidation sites excluding steroid dienone is 1. The standard InChI is InChI=1S/C19H34O4/c1-7-9-11-22-18(20)16(13-14(3)4)17(15(5)6)19(21)23-12-10-8-2/h13-15,17H,7-12H2,1-6H3. The molecule has 1 unspecified atom stereocenters. The smallest absolute Gasteiger partial charge is 0.334 e. The second kappa shape index (κ2) is 12.1. The first kappa shape index (κ1) is 21.7. The van der Waals surface area contributed by atoms with Crippen LogP contribution in [-0.4, -0.2) is 25.2 Å². The first-order valence-electron chi connectivity index (χ1n) is 8.90. The Morgan fingerprint density at radius 2 is 1.43 bits per heavy atom. The van der Waals surface area contributed by atoms with Crippen molar-refractivity contribution in [2.75, 3.05) is 13.2 Å². The highest BCUT2D eigenvalue weighted by atomic mass is 16.5. The average molecular weight is 326 g/mol. The van der Waals surface area contributed by atoms with Crippen LogP contribution in [0.1, 0.15) is 67.2 Å². The normalized spacial score (nSPS) is 13.3. The maximum atomic E-state index is 12.4. The molecule has 0 rings (SSSR count). The van der Waals surface area contributed by atoms with Crippen molar-refractivity contribution < 1.29 is 19.1 Å². The van der Waals surface area contributed by atoms with Gasteiger partial charge in [0.1, 0.15) is 0 Å². The van der Waals surface area contributed by atoms with E-state index in [1.165, 1.54) is 0 Å². The molecule has 0 radical (unpaired) electrons. The molecule has 134 valence electrons. The van der Waals surface area contributed by atoms with E-state index in [1.807, 2.05) is 47.6 Å². The van der Waals surface area contributed by atoms with Crippen molar-refractivity contribution in [1.82, 2.24) is 0 Å². The van der Waals surface area contributed by atoms with Crippen LogP contribution in [0, 0.1) is 17.8 Å². The van der Waals surface area contributed by atoms with E-state index in [0.717, 1.165) is 25.7 Å². The molecule has 0 spiro atoms. The molecule has 23 heavy (non-hydrogen) atoms. The van der Waals surface area contributed by atoms with E-state index in [-0.39, 0.29) is 17.8 Å². The third kappa shape index (κ3) is 8.77. The van der Waals surface area contributed by atoms with Gasteiger partial charge in [0.25, 0.3) is 0 Å². The zero-order chi connectivity index (χ0) is 17.8. The zero-order valence-electron chi connectivity index (χ0n) is 15.7. The summed E-state index contributed by atoms with van der Waals surface area (Å²) in [5, 5.41) is 0. The molecule has 4 heteroatoms. The summed E-state index contributed by atoms with van der Waals surface area (Å²) in [5.74, 6) is -1.14. The Morgan fingerprint density at radius 3 is 1.87 bits per heavy atom. The number of hydrogen-bond donors (Lipinski definition) is 0. The van der Waals surface area contributed by atoms with Gasteiger partial charge in [0.15, 0.2) is 0 Å². The van der Waals surface area contributed by atoms with Crippen LogP contribution in [0.3, 0.4) is 0 Å². The van der Waals surface area contributed by atoms with Crippen LogP contribution in [0.4, 0.5) is 0 Å². The molecule has 0 amide bonds. The number of rotatable bonds is 11. The van der Waals surface area contributed by atoms with Crippen molar-refractivity contribution in [3.63, 3.8) is 0 Å². The van der Waals surface area contributed by atoms with Gasteiger partial charge in [-0.15, -0.1) is 0 Å². The van der Waals surface area contributed by atoms with Crippen LogP contribution >= 0.6 is 0 Å². The van der Waals surface area contributed by atoms with Crippen LogP contribution in [0.25, 0.3) is 0 Å². The zero-order valence-corrected chi connectivity index (χ0v) is 15.7. The highest BCUT2D eigenvalue weighted by Gasteiger charge is 2.32. The molecule has 0 heterocycles. The second-order valence-corrected chi connectivity index (χ2v) is 6.60. The fourth-order valence-electron chi connectivity index (χ4n) is 2.22. The molecule has 1 atom stereocenters. The van der Waals surface area contributed by atoms with Crippen LogP contribution in [-0.2, 0) is 19.1 Å². The van der Waals surface area contributed by atoms with Gasteiger partial charge >= 0.3 is 11.9 Å². The molecule has 0 bridgehead atoms. The summed E-state index contributed by atoms with van der Waals surface area (Å²) in [4.78, 5) is 24.9. The van der Waals surface area contributed by atoms with Gasteiger partial charge in [-0.3, -0.25) is 4.79 Å². The Bertz CT molecular complexity index is 383. The molecule has 0 saturated heterocycles. The number of esters is 2. The number of carbonyl (C=O) groups is 2. The van der Waals surface area contributed by atoms with E-state index in [4.69, 9.17) is 9.47 Å². The Kier molecular flexibility index (Phi) is 11.4. The number of hydrogen-bond acceptors (Lipinski definition) is 4. The molecular weight excluding hydrogens is 292 g/mol. The summed E-state index contributed by atoms with van der Waals surface area (Å²) in [6.45, 7) is 12.7. The maximum absolute atomic E-state index is 12.4. The number of ether oxygens (including phenoxy) is 2. The summed E-state index contributed by atoms with van der Waals surface area (Å²) in [6.07, 6.45) is 5.42. The molecule has 0 aromatic heterocycles. The summed E-state index contributed by atoms with van der Waals surface area (Å²) < 4.78 is 10.7. The Balaban J connectivity index is 5.19. The summed E-state index contributed by atoms with van der Waals surface area (Å²) in [7, 11) is 0. The van der Waals surface area contributed by atoms with E-state index >= 15 is 0 Å². The lowest BCUT2D eigenvalue weighted by Crippen LogP contribution is -2.30. The van der Waals surface area contributed by atoms with Crippen molar-refractivity contribution in [3.8, 4) is 0 Å². The topological polar surface area (TPSA) is 52.6 Å². The molecule has 0 aromatic rings. The van der Waals surface area contributed by atoms with E-state index in [1.54, 1.807) is 0 Å². The van der Waals surface area contributed by atoms with Gasteiger partial charge < -0.3 is 9.47 Å². The van der Waals surface area contributed by atoms with E-state index < -0.39 is 11.9 Å². The molecule has 0 saturated carbocycles. The molecule has 0 aliphatic heterocycles. The van der Waals surface area contributed by atoms with Gasteiger partial charge in [0.2, 0.25) is 0 Å². The van der Waals surface area contributed by atoms with Gasteiger partial charge in [-0.1, -0.05) is 60.5 Å². The Labute approximate surface area is 141 Å². The van der Waals surface area contributed by atoms with Crippen LogP contribution in [0.2, 0.25) is 0 Å². The minimum absolute atomic E-state index is 0.0205. The van der Waals surface area contributed by atoms with Gasteiger partial charge in [-0.2, -0.15) is 0 Å². The van der Waals surface area contributed by atoms with Gasteiger partial charge in [-0.05, 0) is 24.7 Å². The monoisotopic (exact) mass is 326 g/mol. The fraction of sp³-hybridized carbons (Fsp3) is 0.789. The van der Waals surface area contributed by atoms with Crippen molar-refractivity contribution in [2.45, 2.75) is 67.2 Å². The van der Waals surface area contributed by atoms with E-state index in [0.29, 0.717) is 18.8 Å². The average Bonchev–Trinajstić information content (AvgIpc) is 2.46. The molecule has 0 aromatic carbocycles. The highest BCUT2D eigenvalue weighted by Crippen LogP contribution is 2.25. The fourth-order valence-corrected chi connectivity index (χ4v) is 2.22. The quantitative estimate of drug-likeness (QED) is 0.318. The lowest BCUT2D eigenvalue weighted by atomic mass is 9.86. The molecule has 4 nitrogen and oxygen atoms in total. The van der Waals surface area contributed by atoms with Crippen molar-refractivity contribution in [1.29, 1.82) is 0 Å². The van der Waals surface area contributed by atoms with E-state index in [9.17, 15) is 9.59 Å². The molecule has 0 aliphatic carbocycles. The lowest BCUT2D eigenvalue weighted by Gasteiger charge is -2.22. The first-order chi connectivity index (χ1) is 10.8. The van der Waals surface area contributed by atoms with Crippen LogP contribution in [0.5, 0.6) is 0 Å². The van der Waals surface area contributed by atoms with Gasteiger partial charge in [0.05, 0.1) is 19.1 Å². The number of unbranched alkanes of at least 4 members (excludes halogenated alkanes) is 2. The third-order valence-electron chi connectivity index (χ3n) is 3.48. The predicted octanol–water partition coefficient (Wildman–Crippen LogP) is 4.53. The van der Waals surface area contributed by atoms with Gasteiger partial charge in [0, 0.05) is 5.57 Å². The third-order valence-corrected chi connectivity index (χ3v) is 3.48. The Hall–Kier alpha value is -1.32. The van der Waals surface area contributed by atoms with Gasteiger partial charge in [-0.25, -0.2) is 4.79 Å². The summed E-state index contributed by atoms with van der Waals surface area (Å²) in [5.41, 5.74) is 0.438. The molecule has 0 aliphatic rings. The van der Waals surface area contributed by atoms with Crippen molar-refractivity contribution in [3.05, 3.63) is 11.6 Å². The highest BCUT2D eigenvalue weighted by molar-refractivity contribution is 5.95. The van der Waals surface area contributed by atoms with Crippen molar-refractivity contribution in [2.24, 2.45) is 17.8 Å². The first-order valence-corrected chi connectivity index (χ1v) is 8.90. The minimum Gasteiger partial charge on any atom is -0.465 e. The van der Waals surface area contributed by atoms with Crippen LogP contribution < -0.4 is 0 Å². The largest absolute Gasteiger partial charge is 0.465 e. The number of carbonyl (C=O) groups excluding carboxylic acids is 2. The lowest BCUT2D eigenvalue weighted by molar-refractivity contribution is -0.152. The summed E-state index contributed by atoms with van der Waals surface area (Å²) >= 11 is 0. The summed E-state index contributed by atoms with van der Waals surface area (Å²) in [6, 6.07) is 0. The Morgan fingerprint density at radius 1 is 0.913 bits per heavy atom. The SMILES string of the molecule is CCCCOC(=O)C(=CC(C)C)C(C(=O)OCCCC)C(C)C. The van der Waals surface area contributed by atoms with Crippen LogP contribution in [0.15, 0.2) is 11.6 Å².